The van der Waals surface area contributed by atoms with E-state index < -0.39 is 11.8 Å². The van der Waals surface area contributed by atoms with Gasteiger partial charge in [0.2, 0.25) is 5.91 Å². The monoisotopic (exact) mass is 370 g/mol. The van der Waals surface area contributed by atoms with Crippen LogP contribution in [-0.2, 0) is 11.2 Å². The summed E-state index contributed by atoms with van der Waals surface area (Å²) in [5, 5.41) is 6.42. The zero-order valence-electron chi connectivity index (χ0n) is 15.8. The van der Waals surface area contributed by atoms with Crippen molar-refractivity contribution in [3.05, 3.63) is 71.5 Å². The van der Waals surface area contributed by atoms with Gasteiger partial charge >= 0.3 is 0 Å². The number of benzene rings is 2. The molecule has 4 N–H and O–H groups in total. The summed E-state index contributed by atoms with van der Waals surface area (Å²) in [6.45, 7) is 3.20. The zero-order valence-corrected chi connectivity index (χ0v) is 15.8. The summed E-state index contributed by atoms with van der Waals surface area (Å²) >= 11 is 0. The van der Waals surface area contributed by atoms with Crippen LogP contribution in [-0.4, -0.2) is 32.0 Å². The lowest BCUT2D eigenvalue weighted by Gasteiger charge is -2.19. The molecule has 2 aromatic rings. The molecule has 0 saturated carbocycles. The number of hydrogen-bond donors (Lipinski definition) is 3. The molecule has 5 nitrogen and oxygen atoms in total. The fraction of sp³-hybridized carbons (Fsp3) is 0.333. The lowest BCUT2D eigenvalue weighted by Crippen LogP contribution is -2.44. The molecule has 0 aliphatic rings. The van der Waals surface area contributed by atoms with Gasteiger partial charge in [-0.15, -0.1) is 0 Å². The number of carbonyl (C=O) groups is 1. The Morgan fingerprint density at radius 2 is 1.70 bits per heavy atom. The SMILES string of the molecule is CN=C(NCC(Cc1ccc(F)cc1)C(N)=O)NCC(C)c1ccccc1. The van der Waals surface area contributed by atoms with E-state index in [2.05, 4.69) is 34.7 Å². The summed E-state index contributed by atoms with van der Waals surface area (Å²) in [5.74, 6) is -0.191. The van der Waals surface area contributed by atoms with Gasteiger partial charge in [0.1, 0.15) is 5.82 Å². The minimum absolute atomic E-state index is 0.301. The fourth-order valence-corrected chi connectivity index (χ4v) is 2.77. The number of carbonyl (C=O) groups excluding carboxylic acids is 1. The maximum absolute atomic E-state index is 13.0. The smallest absolute Gasteiger partial charge is 0.222 e. The van der Waals surface area contributed by atoms with Crippen molar-refractivity contribution in [1.29, 1.82) is 0 Å². The van der Waals surface area contributed by atoms with E-state index in [1.165, 1.54) is 17.7 Å². The maximum atomic E-state index is 13.0. The molecule has 0 saturated heterocycles. The van der Waals surface area contributed by atoms with Crippen LogP contribution in [0.1, 0.15) is 24.0 Å². The summed E-state index contributed by atoms with van der Waals surface area (Å²) in [6.07, 6.45) is 0.444. The van der Waals surface area contributed by atoms with Gasteiger partial charge in [-0.1, -0.05) is 49.4 Å². The number of aliphatic imine (C=N–C) groups is 1. The molecule has 0 aliphatic carbocycles. The van der Waals surface area contributed by atoms with Crippen molar-refractivity contribution in [2.75, 3.05) is 20.1 Å². The van der Waals surface area contributed by atoms with Crippen LogP contribution in [0, 0.1) is 11.7 Å². The Hall–Kier alpha value is -2.89. The van der Waals surface area contributed by atoms with Gasteiger partial charge in [0.05, 0.1) is 5.92 Å². The molecule has 27 heavy (non-hydrogen) atoms. The van der Waals surface area contributed by atoms with Crippen LogP contribution in [0.25, 0.3) is 0 Å². The van der Waals surface area contributed by atoms with E-state index in [1.807, 2.05) is 18.2 Å². The van der Waals surface area contributed by atoms with Crippen LogP contribution in [0.5, 0.6) is 0 Å². The number of hydrogen-bond acceptors (Lipinski definition) is 2. The molecule has 0 spiro atoms. The predicted octanol–water partition coefficient (Wildman–Crippen LogP) is 2.44. The van der Waals surface area contributed by atoms with Gasteiger partial charge in [0.25, 0.3) is 0 Å². The zero-order chi connectivity index (χ0) is 19.6. The molecular formula is C21H27FN4O. The lowest BCUT2D eigenvalue weighted by molar-refractivity contribution is -0.121. The quantitative estimate of drug-likeness (QED) is 0.493. The average Bonchev–Trinajstić information content (AvgIpc) is 2.68. The molecule has 0 aromatic heterocycles. The van der Waals surface area contributed by atoms with E-state index in [0.717, 1.165) is 5.56 Å². The highest BCUT2D eigenvalue weighted by Gasteiger charge is 2.17. The molecule has 2 unspecified atom stereocenters. The Balaban J connectivity index is 1.86. The molecule has 0 bridgehead atoms. The average molecular weight is 370 g/mol. The van der Waals surface area contributed by atoms with E-state index in [-0.39, 0.29) is 5.82 Å². The topological polar surface area (TPSA) is 79.5 Å². The minimum Gasteiger partial charge on any atom is -0.369 e. The molecule has 144 valence electrons. The number of nitrogens with zero attached hydrogens (tertiary/aromatic N) is 1. The second-order valence-electron chi connectivity index (χ2n) is 6.58. The fourth-order valence-electron chi connectivity index (χ4n) is 2.77. The van der Waals surface area contributed by atoms with E-state index in [4.69, 9.17) is 5.73 Å². The van der Waals surface area contributed by atoms with Crippen molar-refractivity contribution in [2.45, 2.75) is 19.3 Å². The van der Waals surface area contributed by atoms with Gasteiger partial charge in [-0.3, -0.25) is 9.79 Å². The van der Waals surface area contributed by atoms with Crippen molar-refractivity contribution in [1.82, 2.24) is 10.6 Å². The van der Waals surface area contributed by atoms with Crippen molar-refractivity contribution in [3.8, 4) is 0 Å². The Labute approximate surface area is 159 Å². The lowest BCUT2D eigenvalue weighted by atomic mass is 9.98. The first-order valence-corrected chi connectivity index (χ1v) is 9.02. The Morgan fingerprint density at radius 3 is 2.30 bits per heavy atom. The third kappa shape index (κ3) is 6.73. The van der Waals surface area contributed by atoms with Gasteiger partial charge in [0, 0.05) is 20.1 Å². The molecule has 0 radical (unpaired) electrons. The second kappa shape index (κ2) is 10.3. The Morgan fingerprint density at radius 1 is 1.07 bits per heavy atom. The highest BCUT2D eigenvalue weighted by molar-refractivity contribution is 5.81. The Bertz CT molecular complexity index is 747. The first-order chi connectivity index (χ1) is 13.0. The molecular weight excluding hydrogens is 343 g/mol. The number of primary amides is 1. The van der Waals surface area contributed by atoms with Crippen molar-refractivity contribution < 1.29 is 9.18 Å². The summed E-state index contributed by atoms with van der Waals surface area (Å²) in [5.41, 5.74) is 7.63. The molecule has 2 rings (SSSR count). The maximum Gasteiger partial charge on any atom is 0.222 e. The summed E-state index contributed by atoms with van der Waals surface area (Å²) in [6, 6.07) is 16.3. The van der Waals surface area contributed by atoms with Gasteiger partial charge in [-0.05, 0) is 35.6 Å². The standard InChI is InChI=1S/C21H27FN4O/c1-15(17-6-4-3-5-7-17)13-25-21(24-2)26-14-18(20(23)27)12-16-8-10-19(22)11-9-16/h3-11,15,18H,12-14H2,1-2H3,(H2,23,27)(H2,24,25,26). The van der Waals surface area contributed by atoms with Crippen LogP contribution < -0.4 is 16.4 Å². The summed E-state index contributed by atoms with van der Waals surface area (Å²) < 4.78 is 13.0. The normalized spacial score (nSPS) is 13.7. The predicted molar refractivity (Wildman–Crippen MR) is 107 cm³/mol. The highest BCUT2D eigenvalue weighted by Crippen LogP contribution is 2.13. The van der Waals surface area contributed by atoms with Gasteiger partial charge in [0.15, 0.2) is 5.96 Å². The number of guanidine groups is 1. The van der Waals surface area contributed by atoms with E-state index in [9.17, 15) is 9.18 Å². The van der Waals surface area contributed by atoms with Crippen LogP contribution in [0.2, 0.25) is 0 Å². The molecule has 1 amide bonds. The van der Waals surface area contributed by atoms with Crippen molar-refractivity contribution in [2.24, 2.45) is 16.6 Å². The van der Waals surface area contributed by atoms with E-state index in [0.29, 0.717) is 31.4 Å². The molecule has 2 aromatic carbocycles. The molecule has 0 aliphatic heterocycles. The van der Waals surface area contributed by atoms with Crippen LogP contribution in [0.15, 0.2) is 59.6 Å². The molecule has 0 fully saturated rings. The number of rotatable bonds is 8. The van der Waals surface area contributed by atoms with Crippen LogP contribution in [0.3, 0.4) is 0 Å². The van der Waals surface area contributed by atoms with Crippen molar-refractivity contribution in [3.63, 3.8) is 0 Å². The van der Waals surface area contributed by atoms with Crippen LogP contribution >= 0.6 is 0 Å². The van der Waals surface area contributed by atoms with E-state index >= 15 is 0 Å². The molecule has 0 heterocycles. The summed E-state index contributed by atoms with van der Waals surface area (Å²) in [4.78, 5) is 16.0. The van der Waals surface area contributed by atoms with E-state index in [1.54, 1.807) is 19.2 Å². The molecule has 2 atom stereocenters. The van der Waals surface area contributed by atoms with Gasteiger partial charge in [-0.25, -0.2) is 4.39 Å². The third-order valence-electron chi connectivity index (χ3n) is 4.48. The number of amides is 1. The number of halogens is 1. The molecule has 6 heteroatoms. The summed E-state index contributed by atoms with van der Waals surface area (Å²) in [7, 11) is 1.68. The first-order valence-electron chi connectivity index (χ1n) is 9.02. The minimum atomic E-state index is -0.416. The Kier molecular flexibility index (Phi) is 7.79. The van der Waals surface area contributed by atoms with Gasteiger partial charge < -0.3 is 16.4 Å². The van der Waals surface area contributed by atoms with Gasteiger partial charge in [-0.2, -0.15) is 0 Å². The third-order valence-corrected chi connectivity index (χ3v) is 4.48. The van der Waals surface area contributed by atoms with Crippen molar-refractivity contribution >= 4 is 11.9 Å². The van der Waals surface area contributed by atoms with Crippen LogP contribution in [0.4, 0.5) is 4.39 Å². The highest BCUT2D eigenvalue weighted by atomic mass is 19.1. The first kappa shape index (κ1) is 20.4. The number of nitrogens with two attached hydrogens (primary N) is 1. The largest absolute Gasteiger partial charge is 0.369 e. The second-order valence-corrected chi connectivity index (χ2v) is 6.58. The number of nitrogens with one attached hydrogen (secondary N) is 2.